The Hall–Kier alpha value is -3.43. The fraction of sp³-hybridized carbons (Fsp3) is 0.423. The van der Waals surface area contributed by atoms with Crippen LogP contribution in [0.4, 0.5) is 0 Å². The van der Waals surface area contributed by atoms with E-state index in [9.17, 15) is 9.90 Å². The summed E-state index contributed by atoms with van der Waals surface area (Å²) in [7, 11) is 1.65. The Labute approximate surface area is 203 Å². The summed E-state index contributed by atoms with van der Waals surface area (Å²) >= 11 is 0. The molecule has 0 radical (unpaired) electrons. The lowest BCUT2D eigenvalue weighted by Crippen LogP contribution is -2.49. The topological polar surface area (TPSA) is 119 Å². The van der Waals surface area contributed by atoms with Gasteiger partial charge in [-0.15, -0.1) is 10.2 Å². The van der Waals surface area contributed by atoms with Crippen LogP contribution in [0.3, 0.4) is 0 Å². The number of fused-ring (bicyclic) bond motifs is 1. The van der Waals surface area contributed by atoms with Crippen molar-refractivity contribution in [2.24, 2.45) is 0 Å². The van der Waals surface area contributed by atoms with Gasteiger partial charge in [-0.05, 0) is 67.6 Å². The SMILES string of the molecule is CCOc1cc(-c2nnc(C3CC3)o2)ccc1C(=O)NC[C@@H](O)[C@@H]1Cc2ccc(OC)cc2CN1. The average Bonchev–Trinajstić information content (AvgIpc) is 3.62. The Morgan fingerprint density at radius 2 is 2.09 bits per heavy atom. The highest BCUT2D eigenvalue weighted by molar-refractivity contribution is 5.97. The highest BCUT2D eigenvalue weighted by Crippen LogP contribution is 2.40. The molecule has 0 unspecified atom stereocenters. The summed E-state index contributed by atoms with van der Waals surface area (Å²) in [4.78, 5) is 13.0. The van der Waals surface area contributed by atoms with Crippen molar-refractivity contribution in [2.75, 3.05) is 20.3 Å². The zero-order valence-corrected chi connectivity index (χ0v) is 19.9. The van der Waals surface area contributed by atoms with Crippen molar-refractivity contribution < 1.29 is 23.8 Å². The van der Waals surface area contributed by atoms with E-state index < -0.39 is 6.10 Å². The number of carbonyl (C=O) groups is 1. The van der Waals surface area contributed by atoms with Crippen LogP contribution in [0.15, 0.2) is 40.8 Å². The standard InChI is InChI=1S/C26H30N4O5/c1-3-34-23-12-17(26-30-29-25(35-26)15-4-5-15)7-9-20(23)24(32)28-14-22(31)21-11-16-6-8-19(33-2)10-18(16)13-27-21/h6-10,12,15,21-22,27,31H,3-5,11,13-14H2,1-2H3,(H,28,32)/t21-,22+/m0/s1. The van der Waals surface area contributed by atoms with E-state index in [4.69, 9.17) is 13.9 Å². The van der Waals surface area contributed by atoms with E-state index in [2.05, 4.69) is 20.8 Å². The second-order valence-electron chi connectivity index (χ2n) is 8.97. The summed E-state index contributed by atoms with van der Waals surface area (Å²) in [6.45, 7) is 3.01. The molecule has 5 rings (SSSR count). The summed E-state index contributed by atoms with van der Waals surface area (Å²) in [6, 6.07) is 11.0. The fourth-order valence-electron chi connectivity index (χ4n) is 4.31. The Morgan fingerprint density at radius 1 is 1.23 bits per heavy atom. The van der Waals surface area contributed by atoms with Crippen LogP contribution in [0.5, 0.6) is 11.5 Å². The molecule has 1 aliphatic carbocycles. The minimum absolute atomic E-state index is 0.115. The minimum Gasteiger partial charge on any atom is -0.497 e. The van der Waals surface area contributed by atoms with Crippen molar-refractivity contribution in [3.63, 3.8) is 0 Å². The molecular weight excluding hydrogens is 448 g/mol. The van der Waals surface area contributed by atoms with Crippen molar-refractivity contribution in [1.29, 1.82) is 0 Å². The van der Waals surface area contributed by atoms with Crippen molar-refractivity contribution >= 4 is 5.91 Å². The average molecular weight is 479 g/mol. The maximum atomic E-state index is 13.0. The molecule has 0 spiro atoms. The normalized spacial score (nSPS) is 18.0. The molecule has 0 saturated heterocycles. The number of nitrogens with one attached hydrogen (secondary N) is 2. The van der Waals surface area contributed by atoms with Crippen molar-refractivity contribution in [3.8, 4) is 23.0 Å². The van der Waals surface area contributed by atoms with Crippen LogP contribution in [0, 0.1) is 0 Å². The number of aliphatic hydroxyl groups is 1. The second-order valence-corrected chi connectivity index (χ2v) is 8.97. The molecule has 1 amide bonds. The van der Waals surface area contributed by atoms with Gasteiger partial charge >= 0.3 is 0 Å². The van der Waals surface area contributed by atoms with Crippen LogP contribution in [-0.4, -0.2) is 53.6 Å². The summed E-state index contributed by atoms with van der Waals surface area (Å²) in [5.74, 6) is 2.37. The Kier molecular flexibility index (Phi) is 6.70. The molecule has 2 aliphatic rings. The zero-order chi connectivity index (χ0) is 24.4. The molecule has 9 nitrogen and oxygen atoms in total. The van der Waals surface area contributed by atoms with Gasteiger partial charge < -0.3 is 29.6 Å². The second kappa shape index (κ2) is 10.1. The predicted molar refractivity (Wildman–Crippen MR) is 129 cm³/mol. The smallest absolute Gasteiger partial charge is 0.255 e. The number of rotatable bonds is 9. The van der Waals surface area contributed by atoms with Crippen LogP contribution < -0.4 is 20.1 Å². The van der Waals surface area contributed by atoms with E-state index >= 15 is 0 Å². The van der Waals surface area contributed by atoms with Crippen molar-refractivity contribution in [2.45, 2.75) is 50.8 Å². The number of methoxy groups -OCH3 is 1. The zero-order valence-electron chi connectivity index (χ0n) is 19.9. The van der Waals surface area contributed by atoms with Crippen molar-refractivity contribution in [3.05, 3.63) is 59.0 Å². The molecule has 9 heteroatoms. The number of nitrogens with zero attached hydrogens (tertiary/aromatic N) is 2. The van der Waals surface area contributed by atoms with E-state index in [-0.39, 0.29) is 18.5 Å². The number of ether oxygens (including phenoxy) is 2. The first-order valence-electron chi connectivity index (χ1n) is 12.0. The van der Waals surface area contributed by atoms with E-state index in [1.807, 2.05) is 25.1 Å². The lowest BCUT2D eigenvalue weighted by Gasteiger charge is -2.30. The van der Waals surface area contributed by atoms with Gasteiger partial charge in [-0.2, -0.15) is 0 Å². The first-order chi connectivity index (χ1) is 17.1. The van der Waals surface area contributed by atoms with Gasteiger partial charge in [0.1, 0.15) is 11.5 Å². The lowest BCUT2D eigenvalue weighted by molar-refractivity contribution is 0.0866. The Balaban J connectivity index is 1.23. The fourth-order valence-corrected chi connectivity index (χ4v) is 4.31. The number of benzene rings is 2. The summed E-state index contributed by atoms with van der Waals surface area (Å²) in [5, 5.41) is 25.2. The molecule has 1 fully saturated rings. The molecule has 184 valence electrons. The summed E-state index contributed by atoms with van der Waals surface area (Å²) < 4.78 is 16.8. The number of aliphatic hydroxyl groups excluding tert-OH is 1. The van der Waals surface area contributed by atoms with Gasteiger partial charge in [-0.3, -0.25) is 4.79 Å². The van der Waals surface area contributed by atoms with E-state index in [0.717, 1.165) is 24.2 Å². The van der Waals surface area contributed by atoms with E-state index in [1.165, 1.54) is 5.56 Å². The largest absolute Gasteiger partial charge is 0.497 e. The third kappa shape index (κ3) is 5.16. The van der Waals surface area contributed by atoms with Gasteiger partial charge in [0.05, 0.1) is 25.4 Å². The molecular formula is C26H30N4O5. The van der Waals surface area contributed by atoms with Crippen LogP contribution in [0.25, 0.3) is 11.5 Å². The van der Waals surface area contributed by atoms with Gasteiger partial charge in [-0.25, -0.2) is 0 Å². The molecule has 0 bridgehead atoms. The van der Waals surface area contributed by atoms with Gasteiger partial charge in [0.25, 0.3) is 5.91 Å². The summed E-state index contributed by atoms with van der Waals surface area (Å²) in [5.41, 5.74) is 3.41. The highest BCUT2D eigenvalue weighted by Gasteiger charge is 2.30. The molecule has 2 heterocycles. The first kappa shape index (κ1) is 23.3. The van der Waals surface area contributed by atoms with Crippen LogP contribution >= 0.6 is 0 Å². The van der Waals surface area contributed by atoms with E-state index in [0.29, 0.717) is 54.1 Å². The third-order valence-corrected chi connectivity index (χ3v) is 6.48. The van der Waals surface area contributed by atoms with Gasteiger partial charge in [0.2, 0.25) is 11.8 Å². The highest BCUT2D eigenvalue weighted by atomic mass is 16.5. The molecule has 3 aromatic rings. The molecule has 1 aromatic heterocycles. The minimum atomic E-state index is -0.747. The van der Waals surface area contributed by atoms with Crippen LogP contribution in [0.2, 0.25) is 0 Å². The van der Waals surface area contributed by atoms with Crippen molar-refractivity contribution in [1.82, 2.24) is 20.8 Å². The van der Waals surface area contributed by atoms with Crippen LogP contribution in [0.1, 0.15) is 53.1 Å². The predicted octanol–water partition coefficient (Wildman–Crippen LogP) is 2.83. The first-order valence-corrected chi connectivity index (χ1v) is 12.0. The number of carbonyl (C=O) groups excluding carboxylic acids is 1. The maximum absolute atomic E-state index is 13.0. The van der Waals surface area contributed by atoms with Gasteiger partial charge in [0, 0.05) is 30.6 Å². The van der Waals surface area contributed by atoms with Gasteiger partial charge in [0.15, 0.2) is 0 Å². The quantitative estimate of drug-likeness (QED) is 0.430. The monoisotopic (exact) mass is 478 g/mol. The number of hydrogen-bond acceptors (Lipinski definition) is 8. The maximum Gasteiger partial charge on any atom is 0.255 e. The Bertz CT molecular complexity index is 1210. The molecule has 2 atom stereocenters. The molecule has 35 heavy (non-hydrogen) atoms. The Morgan fingerprint density at radius 3 is 2.86 bits per heavy atom. The summed E-state index contributed by atoms with van der Waals surface area (Å²) in [6.07, 6.45) is 2.08. The number of amides is 1. The van der Waals surface area contributed by atoms with Crippen LogP contribution in [-0.2, 0) is 13.0 Å². The van der Waals surface area contributed by atoms with Gasteiger partial charge in [-0.1, -0.05) is 6.07 Å². The molecule has 2 aromatic carbocycles. The number of aromatic nitrogens is 2. The third-order valence-electron chi connectivity index (χ3n) is 6.48. The molecule has 3 N–H and O–H groups in total. The molecule has 1 aliphatic heterocycles. The molecule has 1 saturated carbocycles. The lowest BCUT2D eigenvalue weighted by atomic mass is 9.92. The van der Waals surface area contributed by atoms with E-state index in [1.54, 1.807) is 25.3 Å². The number of hydrogen-bond donors (Lipinski definition) is 3.